The summed E-state index contributed by atoms with van der Waals surface area (Å²) in [5, 5.41) is 11.0. The van der Waals surface area contributed by atoms with Crippen LogP contribution in [0.4, 0.5) is 0 Å². The summed E-state index contributed by atoms with van der Waals surface area (Å²) in [5.41, 5.74) is 1.28. The topological polar surface area (TPSA) is 35.9 Å². The van der Waals surface area contributed by atoms with Crippen LogP contribution in [-0.4, -0.2) is 60.3 Å². The van der Waals surface area contributed by atoms with E-state index in [9.17, 15) is 5.11 Å². The third-order valence-electron chi connectivity index (χ3n) is 4.52. The minimum Gasteiger partial charge on any atom is -0.490 e. The Bertz CT molecular complexity index is 698. The van der Waals surface area contributed by atoms with Gasteiger partial charge in [-0.15, -0.1) is 24.8 Å². The van der Waals surface area contributed by atoms with Crippen LogP contribution >= 0.6 is 52.3 Å². The number of benzene rings is 2. The molecule has 0 aromatic heterocycles. The summed E-state index contributed by atoms with van der Waals surface area (Å²) in [6.45, 7) is 5.80. The van der Waals surface area contributed by atoms with Crippen LogP contribution in [0.3, 0.4) is 0 Å². The van der Waals surface area contributed by atoms with E-state index in [0.717, 1.165) is 48.0 Å². The molecule has 1 saturated heterocycles. The van der Waals surface area contributed by atoms with E-state index in [2.05, 4.69) is 37.9 Å². The van der Waals surface area contributed by atoms with Gasteiger partial charge in [0, 0.05) is 44.3 Å². The lowest BCUT2D eigenvalue weighted by Crippen LogP contribution is -2.48. The van der Waals surface area contributed by atoms with E-state index < -0.39 is 6.10 Å². The van der Waals surface area contributed by atoms with Crippen molar-refractivity contribution in [2.45, 2.75) is 12.6 Å². The van der Waals surface area contributed by atoms with E-state index >= 15 is 0 Å². The van der Waals surface area contributed by atoms with E-state index in [1.165, 1.54) is 5.56 Å². The van der Waals surface area contributed by atoms with Gasteiger partial charge in [0.15, 0.2) is 0 Å². The molecule has 0 bridgehead atoms. The zero-order valence-electron chi connectivity index (χ0n) is 15.5. The van der Waals surface area contributed by atoms with Crippen molar-refractivity contribution in [3.05, 3.63) is 63.6 Å². The largest absolute Gasteiger partial charge is 0.490 e. The van der Waals surface area contributed by atoms with Crippen LogP contribution in [0.15, 0.2) is 53.0 Å². The maximum Gasteiger partial charge on any atom is 0.133 e. The van der Waals surface area contributed by atoms with Crippen LogP contribution in [0, 0.1) is 0 Å². The van der Waals surface area contributed by atoms with Crippen LogP contribution in [0.2, 0.25) is 5.02 Å². The molecule has 1 heterocycles. The van der Waals surface area contributed by atoms with Gasteiger partial charge in [0.05, 0.1) is 4.47 Å². The smallest absolute Gasteiger partial charge is 0.133 e. The molecule has 28 heavy (non-hydrogen) atoms. The SMILES string of the molecule is Cl.Cl.OC(COc1ccccc1Br)CN1CCN(Cc2ccc(Cl)cc2)CC1. The lowest BCUT2D eigenvalue weighted by Gasteiger charge is -2.35. The fourth-order valence-corrected chi connectivity index (χ4v) is 3.60. The highest BCUT2D eigenvalue weighted by molar-refractivity contribution is 9.10. The van der Waals surface area contributed by atoms with Gasteiger partial charge in [-0.3, -0.25) is 9.80 Å². The molecular formula is C20H26BrCl3N2O2. The van der Waals surface area contributed by atoms with Gasteiger partial charge >= 0.3 is 0 Å². The van der Waals surface area contributed by atoms with Crippen LogP contribution in [-0.2, 0) is 6.54 Å². The lowest BCUT2D eigenvalue weighted by atomic mass is 10.2. The molecule has 2 aromatic carbocycles. The molecule has 1 aliphatic heterocycles. The Morgan fingerprint density at radius 3 is 2.21 bits per heavy atom. The summed E-state index contributed by atoms with van der Waals surface area (Å²) in [4.78, 5) is 4.73. The first-order valence-corrected chi connectivity index (χ1v) is 10.0. The standard InChI is InChI=1S/C20H24BrClN2O2.2ClH/c21-19-3-1-2-4-20(19)26-15-18(25)14-24-11-9-23(10-12-24)13-16-5-7-17(22)8-6-16;;/h1-8,18,25H,9-15H2;2*1H. The van der Waals surface area contributed by atoms with Crippen LogP contribution < -0.4 is 4.74 Å². The minimum atomic E-state index is -0.495. The van der Waals surface area contributed by atoms with Crippen molar-refractivity contribution in [2.75, 3.05) is 39.3 Å². The Morgan fingerprint density at radius 2 is 1.57 bits per heavy atom. The molecule has 0 radical (unpaired) electrons. The van der Waals surface area contributed by atoms with Gasteiger partial charge in [0.1, 0.15) is 18.5 Å². The molecule has 3 rings (SSSR count). The fraction of sp³-hybridized carbons (Fsp3) is 0.400. The first kappa shape index (κ1) is 25.5. The van der Waals surface area contributed by atoms with E-state index in [-0.39, 0.29) is 24.8 Å². The van der Waals surface area contributed by atoms with Crippen molar-refractivity contribution in [2.24, 2.45) is 0 Å². The van der Waals surface area contributed by atoms with Gasteiger partial charge in [0.25, 0.3) is 0 Å². The zero-order valence-corrected chi connectivity index (χ0v) is 19.4. The van der Waals surface area contributed by atoms with Crippen molar-refractivity contribution in [1.82, 2.24) is 9.80 Å². The Labute approximate surface area is 192 Å². The van der Waals surface area contributed by atoms with Gasteiger partial charge in [-0.1, -0.05) is 35.9 Å². The summed E-state index contributed by atoms with van der Waals surface area (Å²) in [6.07, 6.45) is -0.495. The zero-order chi connectivity index (χ0) is 18.4. The van der Waals surface area contributed by atoms with E-state index in [0.29, 0.717) is 13.2 Å². The number of para-hydroxylation sites is 1. The number of aliphatic hydroxyl groups is 1. The molecule has 0 spiro atoms. The van der Waals surface area contributed by atoms with Gasteiger partial charge < -0.3 is 9.84 Å². The number of nitrogens with zero attached hydrogens (tertiary/aromatic N) is 2. The molecule has 2 aromatic rings. The molecule has 1 fully saturated rings. The van der Waals surface area contributed by atoms with Crippen molar-refractivity contribution in [3.63, 3.8) is 0 Å². The molecule has 0 saturated carbocycles. The summed E-state index contributed by atoms with van der Waals surface area (Å²) < 4.78 is 6.61. The van der Waals surface area contributed by atoms with Crippen molar-refractivity contribution >= 4 is 52.3 Å². The summed E-state index contributed by atoms with van der Waals surface area (Å²) >= 11 is 9.39. The molecule has 4 nitrogen and oxygen atoms in total. The summed E-state index contributed by atoms with van der Waals surface area (Å²) in [6, 6.07) is 15.7. The predicted molar refractivity (Wildman–Crippen MR) is 123 cm³/mol. The first-order valence-electron chi connectivity index (χ1n) is 8.85. The van der Waals surface area contributed by atoms with Crippen molar-refractivity contribution < 1.29 is 9.84 Å². The van der Waals surface area contributed by atoms with Gasteiger partial charge in [-0.2, -0.15) is 0 Å². The predicted octanol–water partition coefficient (Wildman–Crippen LogP) is 4.50. The Morgan fingerprint density at radius 1 is 0.964 bits per heavy atom. The number of β-amino-alcohol motifs (C(OH)–C–C–N with tert-alkyl or cyclic N) is 1. The third kappa shape index (κ3) is 8.07. The third-order valence-corrected chi connectivity index (χ3v) is 5.43. The van der Waals surface area contributed by atoms with Gasteiger partial charge in [0.2, 0.25) is 0 Å². The number of hydrogen-bond acceptors (Lipinski definition) is 4. The van der Waals surface area contributed by atoms with E-state index in [1.807, 2.05) is 36.4 Å². The number of halogens is 4. The monoisotopic (exact) mass is 510 g/mol. The Hall–Kier alpha value is -0.530. The highest BCUT2D eigenvalue weighted by Crippen LogP contribution is 2.23. The van der Waals surface area contributed by atoms with Crippen LogP contribution in [0.25, 0.3) is 0 Å². The lowest BCUT2D eigenvalue weighted by molar-refractivity contribution is 0.0444. The molecule has 0 amide bonds. The summed E-state index contributed by atoms with van der Waals surface area (Å²) in [5.74, 6) is 0.763. The maximum atomic E-state index is 10.3. The van der Waals surface area contributed by atoms with E-state index in [1.54, 1.807) is 0 Å². The highest BCUT2D eigenvalue weighted by atomic mass is 79.9. The number of hydrogen-bond donors (Lipinski definition) is 1. The van der Waals surface area contributed by atoms with E-state index in [4.69, 9.17) is 16.3 Å². The van der Waals surface area contributed by atoms with Gasteiger partial charge in [-0.25, -0.2) is 0 Å². The van der Waals surface area contributed by atoms with Crippen molar-refractivity contribution in [3.8, 4) is 5.75 Å². The number of rotatable bonds is 7. The number of ether oxygens (including phenoxy) is 1. The second kappa shape index (κ2) is 12.9. The fourth-order valence-electron chi connectivity index (χ4n) is 3.08. The highest BCUT2D eigenvalue weighted by Gasteiger charge is 2.19. The average molecular weight is 513 g/mol. The number of aliphatic hydroxyl groups excluding tert-OH is 1. The molecule has 1 N–H and O–H groups in total. The van der Waals surface area contributed by atoms with Gasteiger partial charge in [-0.05, 0) is 45.8 Å². The second-order valence-corrected chi connectivity index (χ2v) is 7.89. The van der Waals surface area contributed by atoms with Crippen LogP contribution in [0.1, 0.15) is 5.56 Å². The molecule has 1 atom stereocenters. The number of piperazine rings is 1. The summed E-state index contributed by atoms with van der Waals surface area (Å²) in [7, 11) is 0. The molecule has 156 valence electrons. The van der Waals surface area contributed by atoms with Crippen molar-refractivity contribution in [1.29, 1.82) is 0 Å². The minimum absolute atomic E-state index is 0. The maximum absolute atomic E-state index is 10.3. The quantitative estimate of drug-likeness (QED) is 0.593. The molecule has 1 aliphatic rings. The normalized spacial score (nSPS) is 16.0. The molecular weight excluding hydrogens is 486 g/mol. The first-order chi connectivity index (χ1) is 12.6. The average Bonchev–Trinajstić information content (AvgIpc) is 2.64. The Balaban J connectivity index is 0.00000196. The second-order valence-electron chi connectivity index (χ2n) is 6.60. The van der Waals surface area contributed by atoms with Crippen LogP contribution in [0.5, 0.6) is 5.75 Å². The molecule has 0 aliphatic carbocycles. The molecule has 8 heteroatoms. The molecule has 1 unspecified atom stereocenters. The Kier molecular flexibility index (Phi) is 11.8.